The fourth-order valence-corrected chi connectivity index (χ4v) is 2.45. The van der Waals surface area contributed by atoms with Gasteiger partial charge in [0.05, 0.1) is 6.54 Å². The molecule has 0 saturated heterocycles. The monoisotopic (exact) mass is 221 g/mol. The van der Waals surface area contributed by atoms with Crippen molar-refractivity contribution >= 4 is 17.7 Å². The van der Waals surface area contributed by atoms with Gasteiger partial charge < -0.3 is 11.1 Å². The normalized spacial score (nSPS) is 20.6. The first kappa shape index (κ1) is 10.4. The van der Waals surface area contributed by atoms with E-state index in [4.69, 9.17) is 5.73 Å². The SMILES string of the molecule is CSc1ccccc1C1CN=C(N)NC1. The van der Waals surface area contributed by atoms with Gasteiger partial charge in [-0.3, -0.25) is 4.99 Å². The standard InChI is InChI=1S/C11H15N3S/c1-15-10-5-3-2-4-9(10)8-6-13-11(12)14-7-8/h2-5,8H,6-7H2,1H3,(H3,12,13,14). The highest BCUT2D eigenvalue weighted by molar-refractivity contribution is 7.98. The van der Waals surface area contributed by atoms with Gasteiger partial charge in [-0.05, 0) is 17.9 Å². The molecule has 2 rings (SSSR count). The summed E-state index contributed by atoms with van der Waals surface area (Å²) in [6, 6.07) is 8.48. The Morgan fingerprint density at radius 3 is 2.93 bits per heavy atom. The van der Waals surface area contributed by atoms with Crippen molar-refractivity contribution in [1.29, 1.82) is 0 Å². The van der Waals surface area contributed by atoms with Crippen LogP contribution in [-0.2, 0) is 0 Å². The zero-order chi connectivity index (χ0) is 10.7. The molecule has 4 heteroatoms. The van der Waals surface area contributed by atoms with Gasteiger partial charge >= 0.3 is 0 Å². The van der Waals surface area contributed by atoms with Crippen molar-refractivity contribution in [2.24, 2.45) is 10.7 Å². The number of benzene rings is 1. The Morgan fingerprint density at radius 1 is 1.47 bits per heavy atom. The molecule has 1 aliphatic rings. The fraction of sp³-hybridized carbons (Fsp3) is 0.364. The molecule has 1 aromatic rings. The number of thioether (sulfide) groups is 1. The van der Waals surface area contributed by atoms with E-state index in [1.807, 2.05) is 0 Å². The van der Waals surface area contributed by atoms with Gasteiger partial charge in [0, 0.05) is 17.4 Å². The van der Waals surface area contributed by atoms with Crippen LogP contribution >= 0.6 is 11.8 Å². The summed E-state index contributed by atoms with van der Waals surface area (Å²) >= 11 is 1.78. The second kappa shape index (κ2) is 4.57. The van der Waals surface area contributed by atoms with E-state index in [9.17, 15) is 0 Å². The number of rotatable bonds is 2. The van der Waals surface area contributed by atoms with Crippen molar-refractivity contribution in [3.8, 4) is 0 Å². The molecule has 80 valence electrons. The summed E-state index contributed by atoms with van der Waals surface area (Å²) in [7, 11) is 0. The summed E-state index contributed by atoms with van der Waals surface area (Å²) in [6.45, 7) is 1.67. The van der Waals surface area contributed by atoms with E-state index in [2.05, 4.69) is 40.8 Å². The molecule has 0 fully saturated rings. The quantitative estimate of drug-likeness (QED) is 0.742. The lowest BCUT2D eigenvalue weighted by molar-refractivity contribution is 0.626. The molecule has 0 bridgehead atoms. The summed E-state index contributed by atoms with van der Waals surface area (Å²) in [5.74, 6) is 1.01. The van der Waals surface area contributed by atoms with E-state index >= 15 is 0 Å². The third kappa shape index (κ3) is 2.26. The molecule has 1 atom stereocenters. The molecule has 0 amide bonds. The van der Waals surface area contributed by atoms with Crippen LogP contribution < -0.4 is 11.1 Å². The van der Waals surface area contributed by atoms with Crippen molar-refractivity contribution in [2.75, 3.05) is 19.3 Å². The molecule has 1 heterocycles. The summed E-state index contributed by atoms with van der Waals surface area (Å²) < 4.78 is 0. The molecule has 3 N–H and O–H groups in total. The van der Waals surface area contributed by atoms with Crippen molar-refractivity contribution in [1.82, 2.24) is 5.32 Å². The minimum atomic E-state index is 0.445. The van der Waals surface area contributed by atoms with E-state index in [0.717, 1.165) is 13.1 Å². The van der Waals surface area contributed by atoms with Crippen LogP contribution in [0.15, 0.2) is 34.2 Å². The highest BCUT2D eigenvalue weighted by Crippen LogP contribution is 2.27. The Balaban J connectivity index is 2.22. The van der Waals surface area contributed by atoms with Crippen LogP contribution in [0.5, 0.6) is 0 Å². The van der Waals surface area contributed by atoms with Gasteiger partial charge in [0.1, 0.15) is 0 Å². The molecule has 1 aromatic carbocycles. The topological polar surface area (TPSA) is 50.4 Å². The van der Waals surface area contributed by atoms with E-state index in [1.165, 1.54) is 10.5 Å². The van der Waals surface area contributed by atoms with Crippen molar-refractivity contribution in [3.05, 3.63) is 29.8 Å². The second-order valence-electron chi connectivity index (χ2n) is 3.55. The van der Waals surface area contributed by atoms with Gasteiger partial charge in [0.2, 0.25) is 0 Å². The van der Waals surface area contributed by atoms with Crippen LogP contribution in [0.3, 0.4) is 0 Å². The van der Waals surface area contributed by atoms with Crippen LogP contribution in [-0.4, -0.2) is 25.3 Å². The van der Waals surface area contributed by atoms with E-state index in [0.29, 0.717) is 11.9 Å². The Kier molecular flexibility index (Phi) is 3.16. The van der Waals surface area contributed by atoms with E-state index < -0.39 is 0 Å². The zero-order valence-electron chi connectivity index (χ0n) is 8.73. The molecular formula is C11H15N3S. The Morgan fingerprint density at radius 2 is 2.27 bits per heavy atom. The molecule has 1 aliphatic heterocycles. The number of guanidine groups is 1. The third-order valence-electron chi connectivity index (χ3n) is 2.59. The first-order chi connectivity index (χ1) is 7.31. The van der Waals surface area contributed by atoms with Gasteiger partial charge in [-0.15, -0.1) is 11.8 Å². The van der Waals surface area contributed by atoms with Crippen LogP contribution in [0.4, 0.5) is 0 Å². The lowest BCUT2D eigenvalue weighted by Gasteiger charge is -2.23. The van der Waals surface area contributed by atoms with Crippen molar-refractivity contribution in [2.45, 2.75) is 10.8 Å². The average molecular weight is 221 g/mol. The third-order valence-corrected chi connectivity index (χ3v) is 3.40. The van der Waals surface area contributed by atoms with Gasteiger partial charge in [-0.25, -0.2) is 0 Å². The van der Waals surface area contributed by atoms with Crippen LogP contribution in [0.1, 0.15) is 11.5 Å². The minimum absolute atomic E-state index is 0.445. The molecule has 0 spiro atoms. The Hall–Kier alpha value is -1.16. The fourth-order valence-electron chi connectivity index (χ4n) is 1.77. The molecule has 1 unspecified atom stereocenters. The zero-order valence-corrected chi connectivity index (χ0v) is 9.55. The largest absolute Gasteiger partial charge is 0.370 e. The van der Waals surface area contributed by atoms with Crippen molar-refractivity contribution in [3.63, 3.8) is 0 Å². The first-order valence-electron chi connectivity index (χ1n) is 4.98. The molecule has 0 aromatic heterocycles. The highest BCUT2D eigenvalue weighted by Gasteiger charge is 2.17. The number of nitrogens with zero attached hydrogens (tertiary/aromatic N) is 1. The summed E-state index contributed by atoms with van der Waals surface area (Å²) in [6.07, 6.45) is 2.10. The minimum Gasteiger partial charge on any atom is -0.370 e. The molecule has 15 heavy (non-hydrogen) atoms. The average Bonchev–Trinajstić information content (AvgIpc) is 2.30. The van der Waals surface area contributed by atoms with Crippen LogP contribution in [0, 0.1) is 0 Å². The maximum absolute atomic E-state index is 5.58. The lowest BCUT2D eigenvalue weighted by atomic mass is 9.98. The number of aliphatic imine (C=N–C) groups is 1. The predicted molar refractivity (Wildman–Crippen MR) is 65.5 cm³/mol. The van der Waals surface area contributed by atoms with E-state index in [1.54, 1.807) is 11.8 Å². The van der Waals surface area contributed by atoms with Crippen molar-refractivity contribution < 1.29 is 0 Å². The smallest absolute Gasteiger partial charge is 0.188 e. The summed E-state index contributed by atoms with van der Waals surface area (Å²) in [5, 5.41) is 3.10. The molecule has 0 aliphatic carbocycles. The van der Waals surface area contributed by atoms with Gasteiger partial charge in [-0.1, -0.05) is 18.2 Å². The van der Waals surface area contributed by atoms with Gasteiger partial charge in [0.15, 0.2) is 5.96 Å². The number of hydrogen-bond acceptors (Lipinski definition) is 4. The van der Waals surface area contributed by atoms with Gasteiger partial charge in [-0.2, -0.15) is 0 Å². The number of nitrogens with one attached hydrogen (secondary N) is 1. The number of nitrogens with two attached hydrogens (primary N) is 1. The Bertz CT molecular complexity index is 376. The summed E-state index contributed by atoms with van der Waals surface area (Å²) in [5.41, 5.74) is 6.95. The molecule has 0 radical (unpaired) electrons. The first-order valence-corrected chi connectivity index (χ1v) is 6.20. The summed E-state index contributed by atoms with van der Waals surface area (Å²) in [4.78, 5) is 5.57. The lowest BCUT2D eigenvalue weighted by Crippen LogP contribution is -2.39. The predicted octanol–water partition coefficient (Wildman–Crippen LogP) is 1.41. The maximum atomic E-state index is 5.58. The second-order valence-corrected chi connectivity index (χ2v) is 4.39. The van der Waals surface area contributed by atoms with Gasteiger partial charge in [0.25, 0.3) is 0 Å². The van der Waals surface area contributed by atoms with Crippen LogP contribution in [0.25, 0.3) is 0 Å². The van der Waals surface area contributed by atoms with E-state index in [-0.39, 0.29) is 0 Å². The number of hydrogen-bond donors (Lipinski definition) is 2. The Labute approximate surface area is 94.2 Å². The maximum Gasteiger partial charge on any atom is 0.188 e. The molecule has 0 saturated carbocycles. The van der Waals surface area contributed by atoms with Crippen LogP contribution in [0.2, 0.25) is 0 Å². The highest BCUT2D eigenvalue weighted by atomic mass is 32.2. The molecule has 3 nitrogen and oxygen atoms in total. The molecular weight excluding hydrogens is 206 g/mol.